The number of amides is 1. The number of thioether (sulfide) groups is 1. The Morgan fingerprint density at radius 2 is 2.11 bits per heavy atom. The van der Waals surface area contributed by atoms with Crippen molar-refractivity contribution >= 4 is 17.7 Å². The van der Waals surface area contributed by atoms with E-state index < -0.39 is 0 Å². The van der Waals surface area contributed by atoms with Crippen molar-refractivity contribution < 1.29 is 9.90 Å². The molecule has 2 atom stereocenters. The minimum absolute atomic E-state index is 0.00697. The lowest BCUT2D eigenvalue weighted by atomic mass is 10.2. The minimum atomic E-state index is -0.321. The van der Waals surface area contributed by atoms with E-state index in [1.54, 1.807) is 0 Å². The third kappa shape index (κ3) is 4.82. The molecule has 1 aromatic rings. The summed E-state index contributed by atoms with van der Waals surface area (Å²) in [6.07, 6.45) is 1.90. The Morgan fingerprint density at radius 3 is 2.67 bits per heavy atom. The molecule has 0 spiro atoms. The van der Waals surface area contributed by atoms with Crippen molar-refractivity contribution in [2.45, 2.75) is 18.2 Å². The zero-order valence-corrected chi connectivity index (χ0v) is 11.3. The highest BCUT2D eigenvalue weighted by molar-refractivity contribution is 7.99. The first-order valence-electron chi connectivity index (χ1n) is 5.68. The van der Waals surface area contributed by atoms with Crippen LogP contribution in [0.25, 0.3) is 0 Å². The van der Waals surface area contributed by atoms with Gasteiger partial charge >= 0.3 is 0 Å². The van der Waals surface area contributed by atoms with Gasteiger partial charge in [0.05, 0.1) is 6.61 Å². The molecule has 1 rings (SSSR count). The molecule has 0 saturated heterocycles. The van der Waals surface area contributed by atoms with Crippen LogP contribution in [0.1, 0.15) is 12.5 Å². The number of aliphatic hydroxyl groups is 1. The number of carbonyl (C=O) groups excluding carboxylic acids is 1. The number of aliphatic hydroxyl groups excluding tert-OH is 1. The van der Waals surface area contributed by atoms with Gasteiger partial charge in [0.2, 0.25) is 0 Å². The van der Waals surface area contributed by atoms with E-state index in [0.717, 1.165) is 5.56 Å². The van der Waals surface area contributed by atoms with E-state index in [1.807, 2.05) is 43.5 Å². The van der Waals surface area contributed by atoms with Gasteiger partial charge in [-0.1, -0.05) is 24.1 Å². The van der Waals surface area contributed by atoms with Crippen LogP contribution in [0.2, 0.25) is 0 Å². The second-order valence-corrected chi connectivity index (χ2v) is 4.91. The summed E-state index contributed by atoms with van der Waals surface area (Å²) in [5.74, 6) is 5.01. The van der Waals surface area contributed by atoms with E-state index in [9.17, 15) is 4.79 Å². The summed E-state index contributed by atoms with van der Waals surface area (Å²) < 4.78 is 0. The van der Waals surface area contributed by atoms with E-state index in [0.29, 0.717) is 0 Å². The first kappa shape index (κ1) is 14.6. The van der Waals surface area contributed by atoms with E-state index in [-0.39, 0.29) is 23.8 Å². The number of hydrogen-bond donors (Lipinski definition) is 2. The van der Waals surface area contributed by atoms with E-state index >= 15 is 0 Å². The average molecular weight is 263 g/mol. The molecule has 18 heavy (non-hydrogen) atoms. The molecule has 0 fully saturated rings. The fourth-order valence-corrected chi connectivity index (χ4v) is 2.05. The van der Waals surface area contributed by atoms with Gasteiger partial charge in [-0.2, -0.15) is 11.8 Å². The van der Waals surface area contributed by atoms with E-state index in [1.165, 1.54) is 11.8 Å². The SMILES string of the molecule is CSC(CO)C(C)NC(=O)C#Cc1ccccc1. The van der Waals surface area contributed by atoms with Gasteiger partial charge in [0.25, 0.3) is 5.91 Å². The summed E-state index contributed by atoms with van der Waals surface area (Å²) in [4.78, 5) is 11.6. The number of nitrogens with one attached hydrogen (secondary N) is 1. The van der Waals surface area contributed by atoms with Crippen molar-refractivity contribution in [1.29, 1.82) is 0 Å². The zero-order chi connectivity index (χ0) is 13.4. The normalized spacial score (nSPS) is 13.1. The quantitative estimate of drug-likeness (QED) is 0.804. The molecule has 0 aliphatic heterocycles. The largest absolute Gasteiger partial charge is 0.395 e. The van der Waals surface area contributed by atoms with Crippen LogP contribution in [0.15, 0.2) is 30.3 Å². The van der Waals surface area contributed by atoms with Crippen molar-refractivity contribution in [3.05, 3.63) is 35.9 Å². The highest BCUT2D eigenvalue weighted by atomic mass is 32.2. The predicted molar refractivity (Wildman–Crippen MR) is 75.3 cm³/mol. The van der Waals surface area contributed by atoms with Crippen molar-refractivity contribution in [2.24, 2.45) is 0 Å². The summed E-state index contributed by atoms with van der Waals surface area (Å²) in [5, 5.41) is 11.9. The lowest BCUT2D eigenvalue weighted by Gasteiger charge is -2.19. The van der Waals surface area contributed by atoms with Crippen molar-refractivity contribution in [2.75, 3.05) is 12.9 Å². The molecule has 0 saturated carbocycles. The van der Waals surface area contributed by atoms with Gasteiger partial charge in [-0.25, -0.2) is 0 Å². The topological polar surface area (TPSA) is 49.3 Å². The zero-order valence-electron chi connectivity index (χ0n) is 10.5. The van der Waals surface area contributed by atoms with E-state index in [2.05, 4.69) is 17.2 Å². The van der Waals surface area contributed by atoms with Gasteiger partial charge in [-0.05, 0) is 25.3 Å². The van der Waals surface area contributed by atoms with Crippen LogP contribution in [-0.4, -0.2) is 35.2 Å². The molecule has 2 unspecified atom stereocenters. The molecule has 96 valence electrons. The van der Waals surface area contributed by atoms with E-state index in [4.69, 9.17) is 5.11 Å². The summed E-state index contributed by atoms with van der Waals surface area (Å²) >= 11 is 1.52. The molecule has 3 nitrogen and oxygen atoms in total. The van der Waals surface area contributed by atoms with Crippen LogP contribution in [-0.2, 0) is 4.79 Å². The molecule has 4 heteroatoms. The minimum Gasteiger partial charge on any atom is -0.395 e. The van der Waals surface area contributed by atoms with Crippen LogP contribution in [0.5, 0.6) is 0 Å². The monoisotopic (exact) mass is 263 g/mol. The molecular formula is C14H17NO2S. The first-order chi connectivity index (χ1) is 8.67. The van der Waals surface area contributed by atoms with Gasteiger partial charge in [0.15, 0.2) is 0 Å². The number of hydrogen-bond acceptors (Lipinski definition) is 3. The number of carbonyl (C=O) groups is 1. The second kappa shape index (κ2) is 7.80. The smallest absolute Gasteiger partial charge is 0.296 e. The second-order valence-electron chi connectivity index (χ2n) is 3.83. The molecule has 0 heterocycles. The number of rotatable bonds is 4. The first-order valence-corrected chi connectivity index (χ1v) is 6.97. The summed E-state index contributed by atoms with van der Waals surface area (Å²) in [6.45, 7) is 1.90. The maximum Gasteiger partial charge on any atom is 0.296 e. The fourth-order valence-electron chi connectivity index (χ4n) is 1.42. The molecule has 0 aliphatic rings. The lowest BCUT2D eigenvalue weighted by molar-refractivity contribution is -0.116. The number of benzene rings is 1. The molecule has 2 N–H and O–H groups in total. The predicted octanol–water partition coefficient (Wildman–Crippen LogP) is 1.27. The van der Waals surface area contributed by atoms with Crippen LogP contribution in [0, 0.1) is 11.8 Å². The highest BCUT2D eigenvalue weighted by Gasteiger charge is 2.16. The Hall–Kier alpha value is -1.44. The Labute approximate surface area is 112 Å². The van der Waals surface area contributed by atoms with Crippen LogP contribution in [0.4, 0.5) is 0 Å². The van der Waals surface area contributed by atoms with Crippen LogP contribution >= 0.6 is 11.8 Å². The van der Waals surface area contributed by atoms with Crippen LogP contribution < -0.4 is 5.32 Å². The molecule has 0 aromatic heterocycles. The lowest BCUT2D eigenvalue weighted by Crippen LogP contribution is -2.40. The Balaban J connectivity index is 2.55. The highest BCUT2D eigenvalue weighted by Crippen LogP contribution is 2.09. The summed E-state index contributed by atoms with van der Waals surface area (Å²) in [6, 6.07) is 9.24. The van der Waals surface area contributed by atoms with Gasteiger partial charge in [0.1, 0.15) is 0 Å². The van der Waals surface area contributed by atoms with Crippen LogP contribution in [0.3, 0.4) is 0 Å². The molecule has 0 radical (unpaired) electrons. The maximum atomic E-state index is 11.6. The average Bonchev–Trinajstić information content (AvgIpc) is 2.39. The standard InChI is InChI=1S/C14H17NO2S/c1-11(13(10-16)18-2)15-14(17)9-8-12-6-4-3-5-7-12/h3-7,11,13,16H,10H2,1-2H3,(H,15,17). The molecule has 1 amide bonds. The molecule has 0 bridgehead atoms. The van der Waals surface area contributed by atoms with Crippen molar-refractivity contribution in [3.8, 4) is 11.8 Å². The Kier molecular flexibility index (Phi) is 6.34. The fraction of sp³-hybridized carbons (Fsp3) is 0.357. The molecule has 0 aliphatic carbocycles. The summed E-state index contributed by atoms with van der Waals surface area (Å²) in [5.41, 5.74) is 0.809. The maximum absolute atomic E-state index is 11.6. The Bertz CT molecular complexity index is 432. The van der Waals surface area contributed by atoms with Gasteiger partial charge in [0, 0.05) is 22.8 Å². The van der Waals surface area contributed by atoms with Gasteiger partial charge in [-0.3, -0.25) is 4.79 Å². The Morgan fingerprint density at radius 1 is 1.44 bits per heavy atom. The third-order valence-electron chi connectivity index (χ3n) is 2.49. The molecular weight excluding hydrogens is 246 g/mol. The molecule has 1 aromatic carbocycles. The van der Waals surface area contributed by atoms with Gasteiger partial charge < -0.3 is 10.4 Å². The third-order valence-corrected chi connectivity index (χ3v) is 3.66. The van der Waals surface area contributed by atoms with Crippen molar-refractivity contribution in [3.63, 3.8) is 0 Å². The summed E-state index contributed by atoms with van der Waals surface area (Å²) in [7, 11) is 0. The van der Waals surface area contributed by atoms with Crippen molar-refractivity contribution in [1.82, 2.24) is 5.32 Å². The van der Waals surface area contributed by atoms with Gasteiger partial charge in [-0.15, -0.1) is 0 Å².